The number of piperazine rings is 1. The molecular formula is C21H26ClN3O2. The van der Waals surface area contributed by atoms with E-state index in [1.165, 1.54) is 0 Å². The summed E-state index contributed by atoms with van der Waals surface area (Å²) in [5.41, 5.74) is 2.82. The van der Waals surface area contributed by atoms with Crippen molar-refractivity contribution in [2.45, 2.75) is 13.8 Å². The van der Waals surface area contributed by atoms with E-state index in [1.807, 2.05) is 43.3 Å². The molecule has 1 heterocycles. The van der Waals surface area contributed by atoms with E-state index in [1.54, 1.807) is 6.07 Å². The monoisotopic (exact) mass is 387 g/mol. The van der Waals surface area contributed by atoms with E-state index < -0.39 is 0 Å². The molecule has 3 rings (SSSR count). The molecule has 1 aliphatic heterocycles. The normalized spacial score (nSPS) is 14.9. The number of aryl methyl sites for hydroxylation is 1. The molecule has 2 aromatic carbocycles. The molecule has 1 aliphatic rings. The zero-order chi connectivity index (χ0) is 19.2. The molecule has 1 fully saturated rings. The number of hydrogen-bond acceptors (Lipinski definition) is 4. The number of nitrogens with one attached hydrogen (secondary N) is 1. The molecule has 0 radical (unpaired) electrons. The van der Waals surface area contributed by atoms with Gasteiger partial charge in [-0.25, -0.2) is 0 Å². The summed E-state index contributed by atoms with van der Waals surface area (Å²) in [6.07, 6.45) is 0. The van der Waals surface area contributed by atoms with Gasteiger partial charge in [0.25, 0.3) is 5.91 Å². The molecule has 1 amide bonds. The fraction of sp³-hybridized carbons (Fsp3) is 0.381. The molecule has 27 heavy (non-hydrogen) atoms. The zero-order valence-electron chi connectivity index (χ0n) is 15.9. The third-order valence-electron chi connectivity index (χ3n) is 4.75. The highest BCUT2D eigenvalue weighted by Crippen LogP contribution is 2.30. The second-order valence-electron chi connectivity index (χ2n) is 6.74. The summed E-state index contributed by atoms with van der Waals surface area (Å²) in [5, 5.41) is 3.55. The van der Waals surface area contributed by atoms with Crippen LogP contribution in [0.25, 0.3) is 0 Å². The Labute approximate surface area is 165 Å². The molecule has 0 saturated carbocycles. The minimum atomic E-state index is -0.202. The zero-order valence-corrected chi connectivity index (χ0v) is 16.6. The van der Waals surface area contributed by atoms with Crippen molar-refractivity contribution in [1.82, 2.24) is 4.90 Å². The molecule has 1 saturated heterocycles. The third-order valence-corrected chi connectivity index (χ3v) is 4.99. The lowest BCUT2D eigenvalue weighted by atomic mass is 10.2. The van der Waals surface area contributed by atoms with Crippen LogP contribution in [0.3, 0.4) is 0 Å². The minimum Gasteiger partial charge on any atom is -0.484 e. The van der Waals surface area contributed by atoms with Crippen LogP contribution in [-0.2, 0) is 4.79 Å². The van der Waals surface area contributed by atoms with Gasteiger partial charge in [0.2, 0.25) is 0 Å². The van der Waals surface area contributed by atoms with Crippen molar-refractivity contribution in [2.75, 3.05) is 49.5 Å². The number of halogens is 1. The predicted octanol–water partition coefficient (Wildman–Crippen LogP) is 3.81. The Hall–Kier alpha value is -2.24. The van der Waals surface area contributed by atoms with Gasteiger partial charge in [-0.3, -0.25) is 4.79 Å². The summed E-state index contributed by atoms with van der Waals surface area (Å²) < 4.78 is 5.60. The maximum absolute atomic E-state index is 12.4. The number of amides is 1. The number of nitrogens with zero attached hydrogens (tertiary/aromatic N) is 2. The van der Waals surface area contributed by atoms with E-state index in [2.05, 4.69) is 22.0 Å². The minimum absolute atomic E-state index is 0.0426. The van der Waals surface area contributed by atoms with Crippen LogP contribution in [0.2, 0.25) is 5.02 Å². The van der Waals surface area contributed by atoms with Crippen LogP contribution < -0.4 is 15.0 Å². The molecule has 0 bridgehead atoms. The SMILES string of the molecule is CCN1CCN(c2ccc(Cl)cc2NC(=O)COc2cccc(C)c2)CC1. The molecule has 6 heteroatoms. The predicted molar refractivity (Wildman–Crippen MR) is 111 cm³/mol. The summed E-state index contributed by atoms with van der Waals surface area (Å²) in [6, 6.07) is 13.3. The quantitative estimate of drug-likeness (QED) is 0.818. The van der Waals surface area contributed by atoms with Gasteiger partial charge in [0, 0.05) is 31.2 Å². The van der Waals surface area contributed by atoms with Gasteiger partial charge in [-0.2, -0.15) is 0 Å². The average Bonchev–Trinajstić information content (AvgIpc) is 2.67. The average molecular weight is 388 g/mol. The van der Waals surface area contributed by atoms with Gasteiger partial charge >= 0.3 is 0 Å². The lowest BCUT2D eigenvalue weighted by Crippen LogP contribution is -2.46. The largest absolute Gasteiger partial charge is 0.484 e. The highest BCUT2D eigenvalue weighted by molar-refractivity contribution is 6.31. The Kier molecular flexibility index (Phi) is 6.58. The number of carbonyl (C=O) groups excluding carboxylic acids is 1. The second-order valence-corrected chi connectivity index (χ2v) is 7.17. The lowest BCUT2D eigenvalue weighted by molar-refractivity contribution is -0.118. The molecule has 0 aliphatic carbocycles. The molecule has 1 N–H and O–H groups in total. The fourth-order valence-corrected chi connectivity index (χ4v) is 3.40. The highest BCUT2D eigenvalue weighted by atomic mass is 35.5. The number of anilines is 2. The van der Waals surface area contributed by atoms with E-state index in [4.69, 9.17) is 16.3 Å². The van der Waals surface area contributed by atoms with Crippen molar-refractivity contribution < 1.29 is 9.53 Å². The Bertz CT molecular complexity index is 789. The van der Waals surface area contributed by atoms with Gasteiger partial charge in [0.15, 0.2) is 6.61 Å². The smallest absolute Gasteiger partial charge is 0.262 e. The van der Waals surface area contributed by atoms with Gasteiger partial charge in [-0.05, 0) is 49.4 Å². The van der Waals surface area contributed by atoms with Crippen LogP contribution in [0, 0.1) is 6.92 Å². The first-order chi connectivity index (χ1) is 13.0. The summed E-state index contributed by atoms with van der Waals surface area (Å²) in [6.45, 7) is 9.08. The Morgan fingerprint density at radius 3 is 2.63 bits per heavy atom. The van der Waals surface area contributed by atoms with E-state index in [0.29, 0.717) is 10.8 Å². The van der Waals surface area contributed by atoms with Crippen molar-refractivity contribution in [1.29, 1.82) is 0 Å². The first-order valence-electron chi connectivity index (χ1n) is 9.31. The molecule has 144 valence electrons. The van der Waals surface area contributed by atoms with Crippen molar-refractivity contribution in [3.8, 4) is 5.75 Å². The molecule has 0 aromatic heterocycles. The maximum atomic E-state index is 12.4. The second kappa shape index (κ2) is 9.11. The number of rotatable bonds is 6. The number of likely N-dealkylation sites (N-methyl/N-ethyl adjacent to an activating group) is 1. The number of hydrogen-bond donors (Lipinski definition) is 1. The summed E-state index contributed by atoms with van der Waals surface area (Å²) in [7, 11) is 0. The molecule has 0 atom stereocenters. The third kappa shape index (κ3) is 5.37. The van der Waals surface area contributed by atoms with Crippen molar-refractivity contribution >= 4 is 28.9 Å². The van der Waals surface area contributed by atoms with E-state index in [0.717, 1.165) is 49.7 Å². The molecule has 0 unspecified atom stereocenters. The van der Waals surface area contributed by atoms with Gasteiger partial charge < -0.3 is 19.9 Å². The Morgan fingerprint density at radius 2 is 1.93 bits per heavy atom. The van der Waals surface area contributed by atoms with Crippen LogP contribution >= 0.6 is 11.6 Å². The van der Waals surface area contributed by atoms with Gasteiger partial charge in [0.05, 0.1) is 11.4 Å². The van der Waals surface area contributed by atoms with Crippen LogP contribution in [0.15, 0.2) is 42.5 Å². The van der Waals surface area contributed by atoms with Crippen molar-refractivity contribution in [3.63, 3.8) is 0 Å². The van der Waals surface area contributed by atoms with Crippen LogP contribution in [0.5, 0.6) is 5.75 Å². The Balaban J connectivity index is 1.65. The van der Waals surface area contributed by atoms with Gasteiger partial charge in [-0.1, -0.05) is 30.7 Å². The van der Waals surface area contributed by atoms with Gasteiger partial charge in [-0.15, -0.1) is 0 Å². The van der Waals surface area contributed by atoms with Crippen molar-refractivity contribution in [2.24, 2.45) is 0 Å². The Morgan fingerprint density at radius 1 is 1.15 bits per heavy atom. The maximum Gasteiger partial charge on any atom is 0.262 e. The van der Waals surface area contributed by atoms with E-state index in [9.17, 15) is 4.79 Å². The first-order valence-corrected chi connectivity index (χ1v) is 9.69. The standard InChI is InChI=1S/C21H26ClN3O2/c1-3-24-9-11-25(12-10-24)20-8-7-17(22)14-19(20)23-21(26)15-27-18-6-4-5-16(2)13-18/h4-8,13-14H,3,9-12,15H2,1-2H3,(H,23,26). The summed E-state index contributed by atoms with van der Waals surface area (Å²) in [5.74, 6) is 0.486. The van der Waals surface area contributed by atoms with E-state index in [-0.39, 0.29) is 12.5 Å². The van der Waals surface area contributed by atoms with Crippen molar-refractivity contribution in [3.05, 3.63) is 53.1 Å². The molecule has 0 spiro atoms. The van der Waals surface area contributed by atoms with Crippen LogP contribution in [0.1, 0.15) is 12.5 Å². The van der Waals surface area contributed by atoms with Crippen LogP contribution in [0.4, 0.5) is 11.4 Å². The number of carbonyl (C=O) groups is 1. The summed E-state index contributed by atoms with van der Waals surface area (Å²) in [4.78, 5) is 17.1. The first kappa shape index (κ1) is 19.5. The topological polar surface area (TPSA) is 44.8 Å². The molecule has 2 aromatic rings. The number of benzene rings is 2. The number of ether oxygens (including phenoxy) is 1. The highest BCUT2D eigenvalue weighted by Gasteiger charge is 2.19. The molecule has 5 nitrogen and oxygen atoms in total. The van der Waals surface area contributed by atoms with Crippen LogP contribution in [-0.4, -0.2) is 50.1 Å². The fourth-order valence-electron chi connectivity index (χ4n) is 3.23. The van der Waals surface area contributed by atoms with E-state index >= 15 is 0 Å². The van der Waals surface area contributed by atoms with Gasteiger partial charge in [0.1, 0.15) is 5.75 Å². The summed E-state index contributed by atoms with van der Waals surface area (Å²) >= 11 is 6.17. The lowest BCUT2D eigenvalue weighted by Gasteiger charge is -2.36. The molecular weight excluding hydrogens is 362 g/mol.